The van der Waals surface area contributed by atoms with Gasteiger partial charge in [0.2, 0.25) is 5.91 Å². The van der Waals surface area contributed by atoms with E-state index in [1.807, 2.05) is 32.0 Å². The highest BCUT2D eigenvalue weighted by molar-refractivity contribution is 6.03. The molecule has 1 aromatic carbocycles. The maximum atomic E-state index is 12.6. The molecule has 0 bridgehead atoms. The van der Waals surface area contributed by atoms with Crippen LogP contribution in [-0.4, -0.2) is 43.0 Å². The summed E-state index contributed by atoms with van der Waals surface area (Å²) in [5, 5.41) is 0. The summed E-state index contributed by atoms with van der Waals surface area (Å²) in [6, 6.07) is 5.73. The Morgan fingerprint density at radius 1 is 1.35 bits per heavy atom. The fourth-order valence-electron chi connectivity index (χ4n) is 2.63. The summed E-state index contributed by atoms with van der Waals surface area (Å²) < 4.78 is 5.77. The number of hydrogen-bond acceptors (Lipinski definition) is 3. The van der Waals surface area contributed by atoms with E-state index in [1.165, 1.54) is 0 Å². The van der Waals surface area contributed by atoms with Crippen molar-refractivity contribution in [3.8, 4) is 5.75 Å². The van der Waals surface area contributed by atoms with Gasteiger partial charge in [-0.3, -0.25) is 14.5 Å². The summed E-state index contributed by atoms with van der Waals surface area (Å²) in [5.74, 6) is 0.491. The van der Waals surface area contributed by atoms with E-state index >= 15 is 0 Å². The first-order chi connectivity index (χ1) is 11.0. The highest BCUT2D eigenvalue weighted by atomic mass is 16.5. The van der Waals surface area contributed by atoms with E-state index in [1.54, 1.807) is 16.8 Å². The predicted molar refractivity (Wildman–Crippen MR) is 90.8 cm³/mol. The molecule has 1 aromatic rings. The van der Waals surface area contributed by atoms with Gasteiger partial charge in [0.25, 0.3) is 5.91 Å². The lowest BCUT2D eigenvalue weighted by atomic mass is 10.1. The second kappa shape index (κ2) is 7.49. The minimum absolute atomic E-state index is 0.0454. The first kappa shape index (κ1) is 17.3. The number of rotatable bonds is 6. The molecule has 1 aliphatic heterocycles. The van der Waals surface area contributed by atoms with E-state index in [9.17, 15) is 9.59 Å². The van der Waals surface area contributed by atoms with Crippen molar-refractivity contribution >= 4 is 17.5 Å². The molecular weight excluding hydrogens is 292 g/mol. The molecule has 0 radical (unpaired) electrons. The molecule has 1 aliphatic rings. The number of carbonyl (C=O) groups excluding carboxylic acids is 2. The van der Waals surface area contributed by atoms with E-state index in [2.05, 4.69) is 6.92 Å². The van der Waals surface area contributed by atoms with Crippen LogP contribution in [0.4, 0.5) is 5.69 Å². The number of amides is 2. The van der Waals surface area contributed by atoms with Gasteiger partial charge in [0.1, 0.15) is 12.3 Å². The zero-order valence-electron chi connectivity index (χ0n) is 14.5. The highest BCUT2D eigenvalue weighted by Crippen LogP contribution is 2.35. The molecule has 23 heavy (non-hydrogen) atoms. The summed E-state index contributed by atoms with van der Waals surface area (Å²) in [7, 11) is 1.79. The zero-order valence-corrected chi connectivity index (χ0v) is 14.5. The third-order valence-corrected chi connectivity index (χ3v) is 4.15. The van der Waals surface area contributed by atoms with Gasteiger partial charge < -0.3 is 9.64 Å². The second-order valence-corrected chi connectivity index (χ2v) is 6.08. The van der Waals surface area contributed by atoms with Crippen molar-refractivity contribution in [3.05, 3.63) is 23.8 Å². The van der Waals surface area contributed by atoms with E-state index < -0.39 is 6.10 Å². The van der Waals surface area contributed by atoms with Crippen molar-refractivity contribution in [3.63, 3.8) is 0 Å². The zero-order chi connectivity index (χ0) is 17.0. The minimum atomic E-state index is -0.515. The monoisotopic (exact) mass is 318 g/mol. The van der Waals surface area contributed by atoms with Gasteiger partial charge in [-0.05, 0) is 37.5 Å². The maximum absolute atomic E-state index is 12.6. The topological polar surface area (TPSA) is 49.9 Å². The molecular formula is C18H26N2O3. The van der Waals surface area contributed by atoms with E-state index in [0.717, 1.165) is 18.4 Å². The molecule has 1 atom stereocenters. The number of anilines is 1. The Balaban J connectivity index is 2.23. The first-order valence-electron chi connectivity index (χ1n) is 8.30. The largest absolute Gasteiger partial charge is 0.478 e. The van der Waals surface area contributed by atoms with Crippen molar-refractivity contribution in [2.75, 3.05) is 25.0 Å². The molecule has 2 amide bonds. The lowest BCUT2D eigenvalue weighted by Crippen LogP contribution is -2.50. The lowest BCUT2D eigenvalue weighted by molar-refractivity contribution is -0.132. The van der Waals surface area contributed by atoms with Gasteiger partial charge in [-0.15, -0.1) is 0 Å². The van der Waals surface area contributed by atoms with Gasteiger partial charge in [-0.1, -0.05) is 26.3 Å². The van der Waals surface area contributed by atoms with Crippen LogP contribution in [0.15, 0.2) is 18.2 Å². The number of ether oxygens (including phenoxy) is 1. The van der Waals surface area contributed by atoms with Gasteiger partial charge in [0.05, 0.1) is 5.69 Å². The summed E-state index contributed by atoms with van der Waals surface area (Å²) >= 11 is 0. The summed E-state index contributed by atoms with van der Waals surface area (Å²) in [6.07, 6.45) is 2.07. The molecule has 0 fully saturated rings. The quantitative estimate of drug-likeness (QED) is 0.810. The van der Waals surface area contributed by atoms with E-state index in [0.29, 0.717) is 24.4 Å². The molecule has 2 rings (SSSR count). The fourth-order valence-corrected chi connectivity index (χ4v) is 2.63. The molecule has 0 aromatic heterocycles. The van der Waals surface area contributed by atoms with Crippen LogP contribution in [-0.2, 0) is 9.59 Å². The molecule has 0 saturated carbocycles. The van der Waals surface area contributed by atoms with Crippen molar-refractivity contribution in [2.45, 2.75) is 46.1 Å². The summed E-state index contributed by atoms with van der Waals surface area (Å²) in [4.78, 5) is 28.3. The van der Waals surface area contributed by atoms with Gasteiger partial charge in [0, 0.05) is 13.6 Å². The van der Waals surface area contributed by atoms with Crippen LogP contribution in [0.3, 0.4) is 0 Å². The number of fused-ring (bicyclic) bond motifs is 1. The van der Waals surface area contributed by atoms with Crippen LogP contribution in [0, 0.1) is 6.92 Å². The third-order valence-electron chi connectivity index (χ3n) is 4.15. The molecule has 0 N–H and O–H groups in total. The number of benzene rings is 1. The van der Waals surface area contributed by atoms with Crippen LogP contribution < -0.4 is 9.64 Å². The number of hydrogen-bond donors (Lipinski definition) is 0. The third kappa shape index (κ3) is 3.84. The molecule has 5 heteroatoms. The van der Waals surface area contributed by atoms with Gasteiger partial charge in [-0.25, -0.2) is 0 Å². The molecule has 126 valence electrons. The smallest absolute Gasteiger partial charge is 0.268 e. The van der Waals surface area contributed by atoms with Gasteiger partial charge in [-0.2, -0.15) is 0 Å². The number of nitrogens with zero attached hydrogens (tertiary/aromatic N) is 2. The van der Waals surface area contributed by atoms with Crippen LogP contribution in [0.5, 0.6) is 5.75 Å². The number of likely N-dealkylation sites (N-methyl/N-ethyl adjacent to an activating group) is 1. The predicted octanol–water partition coefficient (Wildman–Crippen LogP) is 2.76. The first-order valence-corrected chi connectivity index (χ1v) is 8.30. The van der Waals surface area contributed by atoms with E-state index in [4.69, 9.17) is 4.74 Å². The SMILES string of the molecule is CCCCN(C)C(=O)CN1C(=O)[C@@H](CC)Oc2ccc(C)cc21. The Kier molecular flexibility index (Phi) is 5.64. The summed E-state index contributed by atoms with van der Waals surface area (Å²) in [5.41, 5.74) is 1.73. The minimum Gasteiger partial charge on any atom is -0.478 e. The standard InChI is InChI=1S/C18H26N2O3/c1-5-7-10-19(4)17(21)12-20-14-11-13(3)8-9-16(14)23-15(6-2)18(20)22/h8-9,11,15H,5-7,10,12H2,1-4H3/t15-/m1/s1. The van der Waals surface area contributed by atoms with Crippen molar-refractivity contribution in [1.82, 2.24) is 4.90 Å². The highest BCUT2D eigenvalue weighted by Gasteiger charge is 2.34. The average molecular weight is 318 g/mol. The molecule has 0 saturated heterocycles. The van der Waals surface area contributed by atoms with Crippen LogP contribution in [0.25, 0.3) is 0 Å². The van der Waals surface area contributed by atoms with Gasteiger partial charge >= 0.3 is 0 Å². The molecule has 0 spiro atoms. The Bertz CT molecular complexity index is 586. The fraction of sp³-hybridized carbons (Fsp3) is 0.556. The van der Waals surface area contributed by atoms with Crippen LogP contribution in [0.1, 0.15) is 38.7 Å². The Labute approximate surface area is 138 Å². The van der Waals surface area contributed by atoms with E-state index in [-0.39, 0.29) is 18.4 Å². The number of carbonyl (C=O) groups is 2. The molecule has 1 heterocycles. The number of aryl methyl sites for hydroxylation is 1. The normalized spacial score (nSPS) is 16.8. The van der Waals surface area contributed by atoms with Crippen molar-refractivity contribution < 1.29 is 14.3 Å². The van der Waals surface area contributed by atoms with Crippen LogP contribution in [0.2, 0.25) is 0 Å². The Morgan fingerprint density at radius 3 is 2.74 bits per heavy atom. The molecule has 5 nitrogen and oxygen atoms in total. The van der Waals surface area contributed by atoms with Gasteiger partial charge in [0.15, 0.2) is 6.10 Å². The van der Waals surface area contributed by atoms with Crippen LogP contribution >= 0.6 is 0 Å². The lowest BCUT2D eigenvalue weighted by Gasteiger charge is -2.34. The molecule has 0 unspecified atom stereocenters. The van der Waals surface area contributed by atoms with Crippen molar-refractivity contribution in [1.29, 1.82) is 0 Å². The number of unbranched alkanes of at least 4 members (excludes halogenated alkanes) is 1. The maximum Gasteiger partial charge on any atom is 0.268 e. The Morgan fingerprint density at radius 2 is 2.09 bits per heavy atom. The summed E-state index contributed by atoms with van der Waals surface area (Å²) in [6.45, 7) is 6.74. The second-order valence-electron chi connectivity index (χ2n) is 6.08. The van der Waals surface area contributed by atoms with Crippen molar-refractivity contribution in [2.24, 2.45) is 0 Å². The average Bonchev–Trinajstić information content (AvgIpc) is 2.54. The Hall–Kier alpha value is -2.04. The molecule has 0 aliphatic carbocycles.